The number of nitrogens with two attached hydrogens (primary N) is 1. The van der Waals surface area contributed by atoms with Gasteiger partial charge in [-0.25, -0.2) is 8.78 Å². The minimum Gasteiger partial charge on any atom is -0.320 e. The van der Waals surface area contributed by atoms with E-state index in [0.717, 1.165) is 19.2 Å². The first-order valence-corrected chi connectivity index (χ1v) is 7.05. The van der Waals surface area contributed by atoms with E-state index in [-0.39, 0.29) is 5.56 Å². The fourth-order valence-corrected chi connectivity index (χ4v) is 3.54. The third kappa shape index (κ3) is 2.59. The van der Waals surface area contributed by atoms with Crippen LogP contribution in [0.3, 0.4) is 0 Å². The highest BCUT2D eigenvalue weighted by molar-refractivity contribution is 9.13. The lowest BCUT2D eigenvalue weighted by atomic mass is 10.1. The summed E-state index contributed by atoms with van der Waals surface area (Å²) in [5.74, 6) is -1.77. The van der Waals surface area contributed by atoms with E-state index in [1.54, 1.807) is 6.07 Å². The number of halogens is 4. The highest BCUT2D eigenvalue weighted by Crippen LogP contribution is 2.37. The van der Waals surface area contributed by atoms with Gasteiger partial charge in [-0.15, -0.1) is 11.3 Å². The summed E-state index contributed by atoms with van der Waals surface area (Å²) in [5.41, 5.74) is 6.09. The summed E-state index contributed by atoms with van der Waals surface area (Å²) in [7, 11) is 0. The molecular weight excluding hydrogens is 376 g/mol. The van der Waals surface area contributed by atoms with E-state index in [9.17, 15) is 8.78 Å². The van der Waals surface area contributed by atoms with Crippen molar-refractivity contribution in [1.29, 1.82) is 0 Å². The second kappa shape index (κ2) is 5.14. The van der Waals surface area contributed by atoms with Crippen LogP contribution in [-0.2, 0) is 0 Å². The maximum absolute atomic E-state index is 13.6. The van der Waals surface area contributed by atoms with Crippen LogP contribution in [0.15, 0.2) is 32.5 Å². The van der Waals surface area contributed by atoms with Crippen LogP contribution in [0.5, 0.6) is 0 Å². The third-order valence-corrected chi connectivity index (χ3v) is 5.63. The Bertz CT molecular complexity index is 537. The Labute approximate surface area is 118 Å². The number of hydrogen-bond donors (Lipinski definition) is 1. The van der Waals surface area contributed by atoms with E-state index in [4.69, 9.17) is 5.73 Å². The summed E-state index contributed by atoms with van der Waals surface area (Å²) >= 11 is 8.06. The second-order valence-electron chi connectivity index (χ2n) is 3.39. The van der Waals surface area contributed by atoms with Gasteiger partial charge in [-0.2, -0.15) is 0 Å². The minimum atomic E-state index is -0.888. The van der Waals surface area contributed by atoms with Gasteiger partial charge in [0.25, 0.3) is 0 Å². The zero-order valence-corrected chi connectivity index (χ0v) is 12.4. The van der Waals surface area contributed by atoms with Crippen molar-refractivity contribution in [2.75, 3.05) is 0 Å². The first-order chi connectivity index (χ1) is 8.00. The molecule has 0 saturated heterocycles. The topological polar surface area (TPSA) is 26.0 Å². The third-order valence-electron chi connectivity index (χ3n) is 2.29. The van der Waals surface area contributed by atoms with E-state index < -0.39 is 17.7 Å². The Morgan fingerprint density at radius 3 is 2.53 bits per heavy atom. The van der Waals surface area contributed by atoms with Crippen LogP contribution in [-0.4, -0.2) is 0 Å². The van der Waals surface area contributed by atoms with Crippen molar-refractivity contribution < 1.29 is 8.78 Å². The molecule has 1 heterocycles. The molecule has 1 atom stereocenters. The van der Waals surface area contributed by atoms with Crippen LogP contribution >= 0.6 is 43.2 Å². The molecule has 0 bridgehead atoms. The summed E-state index contributed by atoms with van der Waals surface area (Å²) in [6.45, 7) is 0. The van der Waals surface area contributed by atoms with E-state index in [1.165, 1.54) is 23.5 Å². The molecule has 1 aromatic carbocycles. The molecule has 1 aromatic heterocycles. The average molecular weight is 383 g/mol. The van der Waals surface area contributed by atoms with Crippen molar-refractivity contribution in [3.8, 4) is 0 Å². The first kappa shape index (κ1) is 13.1. The van der Waals surface area contributed by atoms with Crippen LogP contribution in [0, 0.1) is 11.6 Å². The molecule has 2 rings (SSSR count). The molecule has 2 aromatic rings. The zero-order chi connectivity index (χ0) is 12.6. The molecule has 0 radical (unpaired) electrons. The van der Waals surface area contributed by atoms with Crippen LogP contribution in [0.1, 0.15) is 16.5 Å². The van der Waals surface area contributed by atoms with Gasteiger partial charge in [0.2, 0.25) is 0 Å². The van der Waals surface area contributed by atoms with Gasteiger partial charge in [-0.05, 0) is 44.0 Å². The molecular formula is C11H7Br2F2NS. The normalized spacial score (nSPS) is 12.8. The van der Waals surface area contributed by atoms with Crippen molar-refractivity contribution in [2.24, 2.45) is 5.73 Å². The zero-order valence-electron chi connectivity index (χ0n) is 8.38. The lowest BCUT2D eigenvalue weighted by Crippen LogP contribution is -2.12. The Kier molecular flexibility index (Phi) is 3.97. The molecule has 0 saturated carbocycles. The monoisotopic (exact) mass is 381 g/mol. The summed E-state index contributed by atoms with van der Waals surface area (Å²) in [6, 6.07) is 5.14. The number of hydrogen-bond acceptors (Lipinski definition) is 2. The summed E-state index contributed by atoms with van der Waals surface area (Å²) in [4.78, 5) is 0.758. The standard InChI is InChI=1S/C11H7Br2F2NS/c12-6-4-8(17-11(6)13)10(16)5-2-1-3-7(14)9(5)15/h1-4,10H,16H2. The van der Waals surface area contributed by atoms with Crippen LogP contribution in [0.25, 0.3) is 0 Å². The van der Waals surface area contributed by atoms with Gasteiger partial charge in [0, 0.05) is 14.9 Å². The van der Waals surface area contributed by atoms with Gasteiger partial charge in [0.1, 0.15) is 0 Å². The number of rotatable bonds is 2. The lowest BCUT2D eigenvalue weighted by molar-refractivity contribution is 0.495. The highest BCUT2D eigenvalue weighted by atomic mass is 79.9. The van der Waals surface area contributed by atoms with E-state index in [1.807, 2.05) is 0 Å². The molecule has 0 fully saturated rings. The smallest absolute Gasteiger partial charge is 0.163 e. The molecule has 0 spiro atoms. The SMILES string of the molecule is NC(c1cc(Br)c(Br)s1)c1cccc(F)c1F. The Balaban J connectivity index is 2.43. The molecule has 90 valence electrons. The van der Waals surface area contributed by atoms with Gasteiger partial charge in [0.15, 0.2) is 11.6 Å². The second-order valence-corrected chi connectivity index (χ2v) is 6.65. The van der Waals surface area contributed by atoms with Crippen molar-refractivity contribution in [2.45, 2.75) is 6.04 Å². The molecule has 0 aliphatic heterocycles. The average Bonchev–Trinajstić information content (AvgIpc) is 2.62. The van der Waals surface area contributed by atoms with Crippen molar-refractivity contribution >= 4 is 43.2 Å². The lowest BCUT2D eigenvalue weighted by Gasteiger charge is -2.11. The summed E-state index contributed by atoms with van der Waals surface area (Å²) in [6.07, 6.45) is 0. The molecule has 0 aliphatic carbocycles. The van der Waals surface area contributed by atoms with Crippen LogP contribution < -0.4 is 5.73 Å². The van der Waals surface area contributed by atoms with E-state index >= 15 is 0 Å². The molecule has 17 heavy (non-hydrogen) atoms. The summed E-state index contributed by atoms with van der Waals surface area (Å²) < 4.78 is 28.4. The van der Waals surface area contributed by atoms with Gasteiger partial charge in [0.05, 0.1) is 9.83 Å². The fourth-order valence-electron chi connectivity index (χ4n) is 1.43. The minimum absolute atomic E-state index is 0.159. The van der Waals surface area contributed by atoms with E-state index in [2.05, 4.69) is 31.9 Å². The molecule has 2 N–H and O–H groups in total. The van der Waals surface area contributed by atoms with Crippen LogP contribution in [0.2, 0.25) is 0 Å². The van der Waals surface area contributed by atoms with Crippen LogP contribution in [0.4, 0.5) is 8.78 Å². The highest BCUT2D eigenvalue weighted by Gasteiger charge is 2.19. The van der Waals surface area contributed by atoms with Crippen molar-refractivity contribution in [1.82, 2.24) is 0 Å². The molecule has 0 aliphatic rings. The molecule has 0 amide bonds. The summed E-state index contributed by atoms with van der Waals surface area (Å²) in [5, 5.41) is 0. The predicted molar refractivity (Wildman–Crippen MR) is 72.1 cm³/mol. The first-order valence-electron chi connectivity index (χ1n) is 4.65. The van der Waals surface area contributed by atoms with Crippen molar-refractivity contribution in [3.63, 3.8) is 0 Å². The largest absolute Gasteiger partial charge is 0.320 e. The Morgan fingerprint density at radius 1 is 1.24 bits per heavy atom. The fraction of sp³-hybridized carbons (Fsp3) is 0.0909. The van der Waals surface area contributed by atoms with Gasteiger partial charge < -0.3 is 5.73 Å². The number of thiophene rings is 1. The van der Waals surface area contributed by atoms with Gasteiger partial charge >= 0.3 is 0 Å². The predicted octanol–water partition coefficient (Wildman–Crippen LogP) is 4.60. The number of benzene rings is 1. The van der Waals surface area contributed by atoms with Gasteiger partial charge in [-0.1, -0.05) is 12.1 Å². The van der Waals surface area contributed by atoms with Crippen molar-refractivity contribution in [3.05, 3.63) is 54.6 Å². The van der Waals surface area contributed by atoms with Gasteiger partial charge in [-0.3, -0.25) is 0 Å². The molecule has 6 heteroatoms. The molecule has 1 nitrogen and oxygen atoms in total. The maximum atomic E-state index is 13.6. The molecule has 1 unspecified atom stereocenters. The maximum Gasteiger partial charge on any atom is 0.163 e. The van der Waals surface area contributed by atoms with E-state index in [0.29, 0.717) is 0 Å². The Hall–Kier alpha value is -0.300. The Morgan fingerprint density at radius 2 is 1.94 bits per heavy atom. The quantitative estimate of drug-likeness (QED) is 0.806.